The van der Waals surface area contributed by atoms with Gasteiger partial charge in [-0.1, -0.05) is 19.1 Å². The van der Waals surface area contributed by atoms with Gasteiger partial charge < -0.3 is 22.1 Å². The first kappa shape index (κ1) is 16.0. The summed E-state index contributed by atoms with van der Waals surface area (Å²) in [4.78, 5) is 22.3. The zero-order valence-corrected chi connectivity index (χ0v) is 11.7. The van der Waals surface area contributed by atoms with E-state index in [1.165, 1.54) is 5.56 Å². The predicted molar refractivity (Wildman–Crippen MR) is 79.2 cm³/mol. The van der Waals surface area contributed by atoms with E-state index in [1.807, 2.05) is 24.3 Å². The molecule has 0 aliphatic heterocycles. The number of urea groups is 1. The van der Waals surface area contributed by atoms with Gasteiger partial charge in [-0.15, -0.1) is 0 Å². The molecule has 0 radical (unpaired) electrons. The van der Waals surface area contributed by atoms with Crippen molar-refractivity contribution in [1.29, 1.82) is 0 Å². The lowest BCUT2D eigenvalue weighted by Gasteiger charge is -2.12. The summed E-state index contributed by atoms with van der Waals surface area (Å²) in [6.07, 6.45) is 2.05. The molecule has 0 saturated heterocycles. The lowest BCUT2D eigenvalue weighted by molar-refractivity contribution is -0.117. The van der Waals surface area contributed by atoms with Crippen LogP contribution < -0.4 is 22.1 Å². The molecule has 6 heteroatoms. The molecule has 1 aromatic rings. The number of hydrogen-bond acceptors (Lipinski definition) is 3. The molecule has 0 fully saturated rings. The summed E-state index contributed by atoms with van der Waals surface area (Å²) in [5.41, 5.74) is 12.7. The van der Waals surface area contributed by atoms with Gasteiger partial charge in [-0.05, 0) is 37.0 Å². The second kappa shape index (κ2) is 8.16. The van der Waals surface area contributed by atoms with Gasteiger partial charge in [-0.3, -0.25) is 4.79 Å². The van der Waals surface area contributed by atoms with E-state index >= 15 is 0 Å². The monoisotopic (exact) mass is 278 g/mol. The molecule has 6 N–H and O–H groups in total. The summed E-state index contributed by atoms with van der Waals surface area (Å²) in [6, 6.07) is 6.49. The van der Waals surface area contributed by atoms with Crippen molar-refractivity contribution in [2.75, 3.05) is 11.9 Å². The van der Waals surface area contributed by atoms with E-state index in [0.29, 0.717) is 19.4 Å². The van der Waals surface area contributed by atoms with Crippen LogP contribution in [0.2, 0.25) is 0 Å². The molecule has 0 aromatic heterocycles. The molecule has 0 unspecified atom stereocenters. The Morgan fingerprint density at radius 1 is 1.25 bits per heavy atom. The van der Waals surface area contributed by atoms with E-state index < -0.39 is 12.1 Å². The standard InChI is InChI=1S/C14H22N4O2/c1-2-10-5-7-11(8-6-10)18-13(19)12(15)4-3-9-17-14(16)20/h5-8,12H,2-4,9,15H2,1H3,(H,18,19)(H3,16,17,20)/t12-/m0/s1. The Morgan fingerprint density at radius 2 is 1.90 bits per heavy atom. The molecule has 6 nitrogen and oxygen atoms in total. The van der Waals surface area contributed by atoms with Crippen molar-refractivity contribution in [1.82, 2.24) is 5.32 Å². The van der Waals surface area contributed by atoms with Gasteiger partial charge >= 0.3 is 6.03 Å². The summed E-state index contributed by atoms with van der Waals surface area (Å²) < 4.78 is 0. The van der Waals surface area contributed by atoms with E-state index in [2.05, 4.69) is 17.6 Å². The molecular formula is C14H22N4O2. The first-order valence-corrected chi connectivity index (χ1v) is 6.71. The Hall–Kier alpha value is -2.08. The van der Waals surface area contributed by atoms with Crippen LogP contribution in [0.3, 0.4) is 0 Å². The lowest BCUT2D eigenvalue weighted by Crippen LogP contribution is -2.37. The second-order valence-corrected chi connectivity index (χ2v) is 4.58. The number of aryl methyl sites for hydroxylation is 1. The third kappa shape index (κ3) is 5.71. The normalized spacial score (nSPS) is 11.7. The van der Waals surface area contributed by atoms with Crippen LogP contribution >= 0.6 is 0 Å². The molecule has 0 bridgehead atoms. The molecule has 0 spiro atoms. The Bertz CT molecular complexity index is 445. The minimum absolute atomic E-state index is 0.228. The van der Waals surface area contributed by atoms with Crippen LogP contribution in [0.4, 0.5) is 10.5 Å². The zero-order chi connectivity index (χ0) is 15.0. The van der Waals surface area contributed by atoms with Crippen molar-refractivity contribution in [3.8, 4) is 0 Å². The number of nitrogens with two attached hydrogens (primary N) is 2. The Morgan fingerprint density at radius 3 is 2.45 bits per heavy atom. The number of anilines is 1. The van der Waals surface area contributed by atoms with Crippen molar-refractivity contribution < 1.29 is 9.59 Å². The van der Waals surface area contributed by atoms with Gasteiger partial charge in [0.15, 0.2) is 0 Å². The summed E-state index contributed by atoms with van der Waals surface area (Å²) in [5.74, 6) is -0.228. The van der Waals surface area contributed by atoms with Gasteiger partial charge in [0, 0.05) is 12.2 Å². The van der Waals surface area contributed by atoms with Crippen LogP contribution in [0, 0.1) is 0 Å². The Kier molecular flexibility index (Phi) is 6.52. The molecule has 1 rings (SSSR count). The average Bonchev–Trinajstić information content (AvgIpc) is 2.44. The highest BCUT2D eigenvalue weighted by atomic mass is 16.2. The summed E-state index contributed by atoms with van der Waals surface area (Å²) in [6.45, 7) is 2.49. The fraction of sp³-hybridized carbons (Fsp3) is 0.429. The zero-order valence-electron chi connectivity index (χ0n) is 11.7. The molecule has 20 heavy (non-hydrogen) atoms. The van der Waals surface area contributed by atoms with Crippen LogP contribution in [0.1, 0.15) is 25.3 Å². The number of primary amides is 1. The quantitative estimate of drug-likeness (QED) is 0.557. The highest BCUT2D eigenvalue weighted by Crippen LogP contribution is 2.10. The molecule has 0 aliphatic rings. The molecule has 1 atom stereocenters. The van der Waals surface area contributed by atoms with E-state index in [9.17, 15) is 9.59 Å². The maximum Gasteiger partial charge on any atom is 0.312 e. The number of carbonyl (C=O) groups is 2. The van der Waals surface area contributed by atoms with Crippen LogP contribution in [-0.2, 0) is 11.2 Å². The number of benzene rings is 1. The minimum Gasteiger partial charge on any atom is -0.352 e. The maximum absolute atomic E-state index is 11.8. The van der Waals surface area contributed by atoms with Crippen molar-refractivity contribution in [3.63, 3.8) is 0 Å². The van der Waals surface area contributed by atoms with Crippen LogP contribution in [0.5, 0.6) is 0 Å². The second-order valence-electron chi connectivity index (χ2n) is 4.58. The topological polar surface area (TPSA) is 110 Å². The predicted octanol–water partition coefficient (Wildman–Crippen LogP) is 0.963. The number of nitrogens with one attached hydrogen (secondary N) is 2. The van der Waals surface area contributed by atoms with Gasteiger partial charge in [-0.25, -0.2) is 4.79 Å². The third-order valence-electron chi connectivity index (χ3n) is 2.96. The Labute approximate surface area is 118 Å². The molecule has 0 heterocycles. The van der Waals surface area contributed by atoms with E-state index in [4.69, 9.17) is 11.5 Å². The van der Waals surface area contributed by atoms with E-state index in [-0.39, 0.29) is 5.91 Å². The average molecular weight is 278 g/mol. The van der Waals surface area contributed by atoms with Crippen molar-refractivity contribution in [3.05, 3.63) is 29.8 Å². The minimum atomic E-state index is -0.601. The number of carbonyl (C=O) groups excluding carboxylic acids is 2. The molecule has 3 amide bonds. The van der Waals surface area contributed by atoms with Crippen LogP contribution in [0.25, 0.3) is 0 Å². The summed E-state index contributed by atoms with van der Waals surface area (Å²) in [5, 5.41) is 5.22. The number of rotatable bonds is 7. The first-order valence-electron chi connectivity index (χ1n) is 6.71. The van der Waals surface area contributed by atoms with Gasteiger partial charge in [0.05, 0.1) is 6.04 Å². The fourth-order valence-electron chi connectivity index (χ4n) is 1.72. The molecule has 1 aromatic carbocycles. The first-order chi connectivity index (χ1) is 9.52. The van der Waals surface area contributed by atoms with Crippen molar-refractivity contribution in [2.45, 2.75) is 32.2 Å². The van der Waals surface area contributed by atoms with E-state index in [0.717, 1.165) is 12.1 Å². The molecule has 0 aliphatic carbocycles. The van der Waals surface area contributed by atoms with Gasteiger partial charge in [-0.2, -0.15) is 0 Å². The van der Waals surface area contributed by atoms with Gasteiger partial charge in [0.2, 0.25) is 5.91 Å². The Balaban J connectivity index is 2.34. The molecule has 110 valence electrons. The summed E-state index contributed by atoms with van der Waals surface area (Å²) in [7, 11) is 0. The van der Waals surface area contributed by atoms with Crippen LogP contribution in [0.15, 0.2) is 24.3 Å². The highest BCUT2D eigenvalue weighted by Gasteiger charge is 2.13. The van der Waals surface area contributed by atoms with Gasteiger partial charge in [0.1, 0.15) is 0 Å². The van der Waals surface area contributed by atoms with Crippen LogP contribution in [-0.4, -0.2) is 24.5 Å². The SMILES string of the molecule is CCc1ccc(NC(=O)[C@@H](N)CCCNC(N)=O)cc1. The number of hydrogen-bond donors (Lipinski definition) is 4. The smallest absolute Gasteiger partial charge is 0.312 e. The maximum atomic E-state index is 11.8. The van der Waals surface area contributed by atoms with E-state index in [1.54, 1.807) is 0 Å². The fourth-order valence-corrected chi connectivity index (χ4v) is 1.72. The highest BCUT2D eigenvalue weighted by molar-refractivity contribution is 5.94. The number of amides is 3. The molecular weight excluding hydrogens is 256 g/mol. The van der Waals surface area contributed by atoms with Gasteiger partial charge in [0.25, 0.3) is 0 Å². The molecule has 0 saturated carbocycles. The lowest BCUT2D eigenvalue weighted by atomic mass is 10.1. The van der Waals surface area contributed by atoms with Crippen molar-refractivity contribution >= 4 is 17.6 Å². The summed E-state index contributed by atoms with van der Waals surface area (Å²) >= 11 is 0. The largest absolute Gasteiger partial charge is 0.352 e. The van der Waals surface area contributed by atoms with Crippen molar-refractivity contribution in [2.24, 2.45) is 11.5 Å². The third-order valence-corrected chi connectivity index (χ3v) is 2.96.